The van der Waals surface area contributed by atoms with E-state index in [-0.39, 0.29) is 5.78 Å². The molecule has 134 valence electrons. The monoisotopic (exact) mass is 364 g/mol. The Labute approximate surface area is 159 Å². The molecule has 1 aliphatic rings. The van der Waals surface area contributed by atoms with E-state index in [0.717, 1.165) is 33.4 Å². The summed E-state index contributed by atoms with van der Waals surface area (Å²) in [5.74, 6) is 8.14. The molecule has 0 spiro atoms. The van der Waals surface area contributed by atoms with Crippen LogP contribution in [0, 0.1) is 17.8 Å². The molecule has 1 saturated carbocycles. The summed E-state index contributed by atoms with van der Waals surface area (Å²) in [6.07, 6.45) is 11.2. The first kappa shape index (κ1) is 18.5. The maximum atomic E-state index is 12.3. The number of rotatable bonds is 5. The van der Waals surface area contributed by atoms with Crippen LogP contribution in [0.2, 0.25) is 0 Å². The summed E-state index contributed by atoms with van der Waals surface area (Å²) in [4.78, 5) is 14.0. The van der Waals surface area contributed by atoms with Crippen LogP contribution < -0.4 is 4.74 Å². The van der Waals surface area contributed by atoms with Crippen molar-refractivity contribution in [3.05, 3.63) is 57.8 Å². The van der Waals surface area contributed by atoms with Gasteiger partial charge in [0.2, 0.25) is 0 Å². The Morgan fingerprint density at radius 1 is 1.15 bits per heavy atom. The van der Waals surface area contributed by atoms with Gasteiger partial charge in [0.1, 0.15) is 5.75 Å². The molecule has 0 amide bonds. The summed E-state index contributed by atoms with van der Waals surface area (Å²) in [5.41, 5.74) is 0.975. The molecule has 0 atom stereocenters. The van der Waals surface area contributed by atoms with Gasteiger partial charge in [-0.05, 0) is 54.7 Å². The zero-order chi connectivity index (χ0) is 18.2. The number of ketones is 1. The van der Waals surface area contributed by atoms with E-state index in [1.165, 1.54) is 43.4 Å². The van der Waals surface area contributed by atoms with Crippen LogP contribution in [0.3, 0.4) is 0 Å². The van der Waals surface area contributed by atoms with E-state index < -0.39 is 0 Å². The molecule has 1 heterocycles. The molecule has 0 N–H and O–H groups in total. The molecular formula is C23H24O2S. The summed E-state index contributed by atoms with van der Waals surface area (Å²) < 4.78 is 5.14. The Hall–Kier alpha value is -2.31. The van der Waals surface area contributed by atoms with Crippen molar-refractivity contribution in [3.63, 3.8) is 0 Å². The van der Waals surface area contributed by atoms with Crippen molar-refractivity contribution in [1.82, 2.24) is 0 Å². The van der Waals surface area contributed by atoms with E-state index in [1.54, 1.807) is 13.2 Å². The average molecular weight is 365 g/mol. The third-order valence-electron chi connectivity index (χ3n) is 4.72. The molecule has 0 saturated heterocycles. The minimum atomic E-state index is 0.0196. The van der Waals surface area contributed by atoms with Gasteiger partial charge in [-0.3, -0.25) is 4.79 Å². The standard InChI is InChI=1S/C23H24O2S/c1-25-20-13-10-19(11-14-20)12-16-22(24)23-17-15-21(26-23)9-5-8-18-6-3-2-4-7-18/h10-18H,2-4,6-8H2,1H3/b16-12-. The molecule has 0 radical (unpaired) electrons. The average Bonchev–Trinajstić information content (AvgIpc) is 3.16. The second-order valence-electron chi connectivity index (χ2n) is 6.64. The van der Waals surface area contributed by atoms with Crippen LogP contribution in [-0.2, 0) is 0 Å². The van der Waals surface area contributed by atoms with Gasteiger partial charge in [-0.25, -0.2) is 0 Å². The zero-order valence-electron chi connectivity index (χ0n) is 15.2. The van der Waals surface area contributed by atoms with E-state index in [4.69, 9.17) is 4.74 Å². The van der Waals surface area contributed by atoms with Gasteiger partial charge in [0, 0.05) is 6.42 Å². The maximum Gasteiger partial charge on any atom is 0.195 e. The Kier molecular flexibility index (Phi) is 6.68. The highest BCUT2D eigenvalue weighted by Crippen LogP contribution is 2.26. The van der Waals surface area contributed by atoms with Gasteiger partial charge < -0.3 is 4.74 Å². The number of benzene rings is 1. The predicted octanol–water partition coefficient (Wildman–Crippen LogP) is 5.97. The van der Waals surface area contributed by atoms with E-state index in [2.05, 4.69) is 11.8 Å². The number of ether oxygens (including phenoxy) is 1. The summed E-state index contributed by atoms with van der Waals surface area (Å²) >= 11 is 1.47. The minimum Gasteiger partial charge on any atom is -0.497 e. The molecule has 3 rings (SSSR count). The first-order valence-electron chi connectivity index (χ1n) is 9.20. The molecular weight excluding hydrogens is 340 g/mol. The molecule has 1 aromatic carbocycles. The fourth-order valence-electron chi connectivity index (χ4n) is 3.18. The predicted molar refractivity (Wildman–Crippen MR) is 109 cm³/mol. The number of allylic oxidation sites excluding steroid dienone is 1. The lowest BCUT2D eigenvalue weighted by atomic mass is 9.87. The summed E-state index contributed by atoms with van der Waals surface area (Å²) in [6, 6.07) is 11.5. The van der Waals surface area contributed by atoms with E-state index >= 15 is 0 Å². The molecule has 2 nitrogen and oxygen atoms in total. The van der Waals surface area contributed by atoms with Crippen molar-refractivity contribution in [2.24, 2.45) is 5.92 Å². The number of methoxy groups -OCH3 is 1. The summed E-state index contributed by atoms with van der Waals surface area (Å²) in [7, 11) is 1.64. The second-order valence-corrected chi connectivity index (χ2v) is 7.73. The molecule has 1 fully saturated rings. The third kappa shape index (κ3) is 5.34. The molecule has 0 bridgehead atoms. The smallest absolute Gasteiger partial charge is 0.195 e. The number of hydrogen-bond acceptors (Lipinski definition) is 3. The Morgan fingerprint density at radius 2 is 1.92 bits per heavy atom. The largest absolute Gasteiger partial charge is 0.497 e. The van der Waals surface area contributed by atoms with Crippen LogP contribution in [-0.4, -0.2) is 12.9 Å². The molecule has 0 aliphatic heterocycles. The molecule has 2 aromatic rings. The van der Waals surface area contributed by atoms with Gasteiger partial charge in [0.25, 0.3) is 0 Å². The van der Waals surface area contributed by atoms with Crippen molar-refractivity contribution in [2.75, 3.05) is 7.11 Å². The van der Waals surface area contributed by atoms with E-state index in [0.29, 0.717) is 0 Å². The van der Waals surface area contributed by atoms with E-state index in [9.17, 15) is 4.79 Å². The lowest BCUT2D eigenvalue weighted by Gasteiger charge is -2.18. The van der Waals surface area contributed by atoms with Gasteiger partial charge >= 0.3 is 0 Å². The fourth-order valence-corrected chi connectivity index (χ4v) is 3.98. The highest BCUT2D eigenvalue weighted by atomic mass is 32.1. The Morgan fingerprint density at radius 3 is 2.65 bits per heavy atom. The highest BCUT2D eigenvalue weighted by molar-refractivity contribution is 7.14. The Bertz CT molecular complexity index is 812. The van der Waals surface area contributed by atoms with Gasteiger partial charge in [-0.2, -0.15) is 0 Å². The second kappa shape index (κ2) is 9.40. The van der Waals surface area contributed by atoms with Crippen LogP contribution in [0.25, 0.3) is 6.08 Å². The SMILES string of the molecule is COc1ccc(/C=C\C(=O)c2ccc(C#CCC3CCCCC3)s2)cc1. The highest BCUT2D eigenvalue weighted by Gasteiger charge is 2.11. The van der Waals surface area contributed by atoms with Gasteiger partial charge in [0.05, 0.1) is 16.9 Å². The molecule has 1 aliphatic carbocycles. The minimum absolute atomic E-state index is 0.0196. The van der Waals surface area contributed by atoms with Crippen molar-refractivity contribution in [1.29, 1.82) is 0 Å². The van der Waals surface area contributed by atoms with Crippen LogP contribution in [0.5, 0.6) is 5.75 Å². The first-order valence-corrected chi connectivity index (χ1v) is 10.0. The van der Waals surface area contributed by atoms with E-state index in [1.807, 2.05) is 42.5 Å². The fraction of sp³-hybridized carbons (Fsp3) is 0.348. The quantitative estimate of drug-likeness (QED) is 0.371. The van der Waals surface area contributed by atoms with Crippen LogP contribution in [0.1, 0.15) is 58.6 Å². The van der Waals surface area contributed by atoms with Crippen LogP contribution >= 0.6 is 11.3 Å². The molecule has 1 aromatic heterocycles. The van der Waals surface area contributed by atoms with Crippen molar-refractivity contribution >= 4 is 23.2 Å². The first-order chi connectivity index (χ1) is 12.7. The number of thiophene rings is 1. The zero-order valence-corrected chi connectivity index (χ0v) is 16.0. The normalized spacial score (nSPS) is 14.8. The number of carbonyl (C=O) groups excluding carboxylic acids is 1. The molecule has 26 heavy (non-hydrogen) atoms. The lowest BCUT2D eigenvalue weighted by molar-refractivity contribution is 0.105. The van der Waals surface area contributed by atoms with Crippen molar-refractivity contribution in [3.8, 4) is 17.6 Å². The molecule has 3 heteroatoms. The van der Waals surface area contributed by atoms with Crippen LogP contribution in [0.15, 0.2) is 42.5 Å². The van der Waals surface area contributed by atoms with Crippen LogP contribution in [0.4, 0.5) is 0 Å². The van der Waals surface area contributed by atoms with Gasteiger partial charge in [-0.1, -0.05) is 49.3 Å². The number of hydrogen-bond donors (Lipinski definition) is 0. The summed E-state index contributed by atoms with van der Waals surface area (Å²) in [5, 5.41) is 0. The van der Waals surface area contributed by atoms with Gasteiger partial charge in [0.15, 0.2) is 5.78 Å². The third-order valence-corrected chi connectivity index (χ3v) is 5.73. The van der Waals surface area contributed by atoms with Crippen molar-refractivity contribution < 1.29 is 9.53 Å². The topological polar surface area (TPSA) is 26.3 Å². The van der Waals surface area contributed by atoms with Gasteiger partial charge in [-0.15, -0.1) is 11.3 Å². The maximum absolute atomic E-state index is 12.3. The lowest BCUT2D eigenvalue weighted by Crippen LogP contribution is -2.04. The Balaban J connectivity index is 1.56. The molecule has 0 unspecified atom stereocenters. The summed E-state index contributed by atoms with van der Waals surface area (Å²) in [6.45, 7) is 0. The number of carbonyl (C=O) groups is 1. The van der Waals surface area contributed by atoms with Crippen molar-refractivity contribution in [2.45, 2.75) is 38.5 Å².